The molecule has 55 heavy (non-hydrogen) atoms. The number of pyridine rings is 1. The quantitative estimate of drug-likeness (QED) is 0.141. The molecule has 1 aliphatic carbocycles. The summed E-state index contributed by atoms with van der Waals surface area (Å²) in [5.41, 5.74) is 11.1. The van der Waals surface area contributed by atoms with Gasteiger partial charge in [0.1, 0.15) is 5.75 Å². The first-order valence-electron chi connectivity index (χ1n) is 18.7. The van der Waals surface area contributed by atoms with Crippen LogP contribution >= 0.6 is 0 Å². The van der Waals surface area contributed by atoms with Gasteiger partial charge in [-0.15, -0.1) is 35.4 Å². The van der Waals surface area contributed by atoms with Crippen LogP contribution in [0.2, 0.25) is 0 Å². The summed E-state index contributed by atoms with van der Waals surface area (Å²) in [6, 6.07) is 50.4. The Morgan fingerprint density at radius 2 is 1.18 bits per heavy atom. The predicted molar refractivity (Wildman–Crippen MR) is 221 cm³/mol. The van der Waals surface area contributed by atoms with Crippen molar-refractivity contribution in [3.63, 3.8) is 0 Å². The summed E-state index contributed by atoms with van der Waals surface area (Å²) in [5.74, 6) is 0.819. The molecule has 1 N–H and O–H groups in total. The van der Waals surface area contributed by atoms with E-state index in [1.807, 2.05) is 30.5 Å². The minimum Gasteiger partial charge on any atom is -0.507 e. The van der Waals surface area contributed by atoms with Gasteiger partial charge in [-0.05, 0) is 91.4 Å². The van der Waals surface area contributed by atoms with Crippen molar-refractivity contribution in [2.75, 3.05) is 0 Å². The van der Waals surface area contributed by atoms with E-state index in [1.54, 1.807) is 6.07 Å². The molecule has 4 nitrogen and oxygen atoms in total. The molecule has 0 radical (unpaired) electrons. The summed E-state index contributed by atoms with van der Waals surface area (Å²) in [5, 5.41) is 14.3. The van der Waals surface area contributed by atoms with Gasteiger partial charge >= 0.3 is 0 Å². The maximum atomic E-state index is 11.0. The van der Waals surface area contributed by atoms with Gasteiger partial charge in [0.2, 0.25) is 0 Å². The predicted octanol–water partition coefficient (Wildman–Crippen LogP) is 12.0. The number of hydrogen-bond acceptors (Lipinski definition) is 4. The minimum absolute atomic E-state index is 0. The molecule has 1 aliphatic rings. The molecular weight excluding hydrogens is 854 g/mol. The van der Waals surface area contributed by atoms with Crippen LogP contribution in [-0.2, 0) is 37.3 Å². The van der Waals surface area contributed by atoms with Crippen LogP contribution in [0.5, 0.6) is 5.75 Å². The molecule has 0 atom stereocenters. The van der Waals surface area contributed by atoms with Crippen molar-refractivity contribution in [2.45, 2.75) is 57.8 Å². The van der Waals surface area contributed by atoms with Crippen LogP contribution in [0, 0.1) is 6.07 Å². The first-order chi connectivity index (χ1) is 25.9. The second-order valence-corrected chi connectivity index (χ2v) is 16.6. The van der Waals surface area contributed by atoms with Gasteiger partial charge in [-0.2, -0.15) is 0 Å². The van der Waals surface area contributed by atoms with Gasteiger partial charge in [-0.1, -0.05) is 120 Å². The normalized spacial score (nSPS) is 13.3. The van der Waals surface area contributed by atoms with Gasteiger partial charge in [0, 0.05) is 38.2 Å². The first-order valence-corrected chi connectivity index (χ1v) is 18.7. The summed E-state index contributed by atoms with van der Waals surface area (Å²) in [7, 11) is 0. The summed E-state index contributed by atoms with van der Waals surface area (Å²) >= 11 is 0. The molecule has 2 aromatic heterocycles. The smallest absolute Gasteiger partial charge is 0.124 e. The number of hydrogen-bond donors (Lipinski definition) is 1. The van der Waals surface area contributed by atoms with Crippen molar-refractivity contribution in [3.8, 4) is 39.5 Å². The molecule has 0 bridgehead atoms. The van der Waals surface area contributed by atoms with Crippen molar-refractivity contribution in [1.29, 1.82) is 0 Å². The molecule has 0 amide bonds. The average molecular weight is 896 g/mol. The van der Waals surface area contributed by atoms with Gasteiger partial charge in [0.05, 0.1) is 28.1 Å². The topological polar surface area (TPSA) is 58.9 Å². The Bertz CT molecular complexity index is 2710. The van der Waals surface area contributed by atoms with Gasteiger partial charge in [-0.25, -0.2) is 0 Å². The van der Waals surface area contributed by atoms with Crippen LogP contribution in [0.15, 0.2) is 140 Å². The van der Waals surface area contributed by atoms with Crippen LogP contribution < -0.4 is 0 Å². The molecule has 9 rings (SSSR count). The maximum absolute atomic E-state index is 11.0. The van der Waals surface area contributed by atoms with Crippen LogP contribution in [-0.4, -0.2) is 20.1 Å². The van der Waals surface area contributed by atoms with Crippen LogP contribution in [0.3, 0.4) is 0 Å². The standard InChI is InChI=1S/C50H42N3O.Pt/c1-48(2,3)35-21-23-38-39-24-22-36(49(4,5)6)29-42(39)50(41(38)28-35,46-20-12-18-43(52-46)40-17-9-10-19-45(40)54)37-16-11-15-33(26-37)47-51-30-34-25-31-13-7-8-14-32(31)27-44(34)53-47;/h7-25,27-30,54H,1-6H3;/q-1;. The molecule has 5 heteroatoms. The number of phenols is 1. The Kier molecular flexibility index (Phi) is 8.90. The zero-order valence-electron chi connectivity index (χ0n) is 31.9. The number of fused-ring (bicyclic) bond motifs is 5. The van der Waals surface area contributed by atoms with E-state index in [0.29, 0.717) is 17.1 Å². The zero-order valence-corrected chi connectivity index (χ0v) is 34.2. The number of rotatable bonds is 4. The van der Waals surface area contributed by atoms with Crippen molar-refractivity contribution in [1.82, 2.24) is 15.0 Å². The number of nitrogens with zero attached hydrogens (tertiary/aromatic N) is 3. The van der Waals surface area contributed by atoms with Gasteiger partial charge in [0.25, 0.3) is 0 Å². The van der Waals surface area contributed by atoms with Crippen LogP contribution in [0.1, 0.15) is 75.1 Å². The average Bonchev–Trinajstić information content (AvgIpc) is 3.46. The number of para-hydroxylation sites is 1. The first kappa shape index (κ1) is 36.5. The number of aromatic nitrogens is 3. The summed E-state index contributed by atoms with van der Waals surface area (Å²) < 4.78 is 0. The fourth-order valence-electron chi connectivity index (χ4n) is 8.11. The molecule has 6 aromatic carbocycles. The summed E-state index contributed by atoms with van der Waals surface area (Å²) in [6.07, 6.45) is 1.92. The van der Waals surface area contributed by atoms with E-state index in [1.165, 1.54) is 27.6 Å². The largest absolute Gasteiger partial charge is 0.507 e. The molecule has 0 fully saturated rings. The third kappa shape index (κ3) is 6.08. The Labute approximate surface area is 337 Å². The number of aromatic hydroxyl groups is 1. The van der Waals surface area contributed by atoms with Crippen LogP contribution in [0.4, 0.5) is 0 Å². The van der Waals surface area contributed by atoms with E-state index < -0.39 is 5.41 Å². The monoisotopic (exact) mass is 895 g/mol. The Morgan fingerprint density at radius 1 is 0.564 bits per heavy atom. The van der Waals surface area contributed by atoms with Crippen molar-refractivity contribution >= 4 is 21.7 Å². The zero-order chi connectivity index (χ0) is 37.4. The fraction of sp³-hybridized carbons (Fsp3) is 0.180. The minimum atomic E-state index is -0.851. The van der Waals surface area contributed by atoms with E-state index in [9.17, 15) is 5.11 Å². The molecule has 0 unspecified atom stereocenters. The third-order valence-corrected chi connectivity index (χ3v) is 11.1. The summed E-state index contributed by atoms with van der Waals surface area (Å²) in [4.78, 5) is 15.5. The fourth-order valence-corrected chi connectivity index (χ4v) is 8.11. The molecule has 0 aliphatic heterocycles. The Balaban J connectivity index is 0.00000427. The van der Waals surface area contributed by atoms with Crippen molar-refractivity contribution in [3.05, 3.63) is 179 Å². The van der Waals surface area contributed by atoms with E-state index in [2.05, 4.69) is 151 Å². The molecular formula is C50H42N3OPt-. The Hall–Kier alpha value is -5.44. The van der Waals surface area contributed by atoms with Gasteiger partial charge in [-0.3, -0.25) is 15.0 Å². The molecule has 2 heterocycles. The van der Waals surface area contributed by atoms with Crippen molar-refractivity contribution < 1.29 is 26.2 Å². The van der Waals surface area contributed by atoms with E-state index in [4.69, 9.17) is 15.0 Å². The van der Waals surface area contributed by atoms with Gasteiger partial charge in [0.15, 0.2) is 0 Å². The molecule has 8 aromatic rings. The second kappa shape index (κ2) is 13.4. The SMILES string of the molecule is CC(C)(C)c1ccc2c(c1)C(c1[c-]c(-c3ncc4cc5ccccc5cc4n3)ccc1)(c1cccc(-c3ccccc3O)n1)c1cc(C(C)(C)C)ccc1-2.[Pt]. The molecule has 0 spiro atoms. The third-order valence-electron chi connectivity index (χ3n) is 11.1. The van der Waals surface area contributed by atoms with Gasteiger partial charge < -0.3 is 5.11 Å². The second-order valence-electron chi connectivity index (χ2n) is 16.6. The molecule has 0 saturated carbocycles. The van der Waals surface area contributed by atoms with E-state index in [-0.39, 0.29) is 37.6 Å². The molecule has 274 valence electrons. The number of phenolic OH excluding ortho intramolecular Hbond substituents is 1. The van der Waals surface area contributed by atoms with E-state index >= 15 is 0 Å². The maximum Gasteiger partial charge on any atom is 0.124 e. The number of benzene rings is 6. The van der Waals surface area contributed by atoms with E-state index in [0.717, 1.165) is 44.2 Å². The van der Waals surface area contributed by atoms with Crippen LogP contribution in [0.25, 0.3) is 55.4 Å². The summed E-state index contributed by atoms with van der Waals surface area (Å²) in [6.45, 7) is 13.6. The van der Waals surface area contributed by atoms with Crippen molar-refractivity contribution in [2.24, 2.45) is 0 Å². The molecule has 0 saturated heterocycles. The Morgan fingerprint density at radius 3 is 1.84 bits per heavy atom.